The van der Waals surface area contributed by atoms with Gasteiger partial charge in [-0.05, 0) is 37.8 Å². The number of carbonyl (C=O) groups excluding carboxylic acids is 1. The largest absolute Gasteiger partial charge is 0.370 e. The molecule has 1 heterocycles. The second-order valence-corrected chi connectivity index (χ2v) is 4.11. The van der Waals surface area contributed by atoms with Crippen molar-refractivity contribution in [3.8, 4) is 0 Å². The molecule has 4 nitrogen and oxygen atoms in total. The molecule has 0 radical (unpaired) electrons. The molecule has 1 saturated carbocycles. The Kier molecular flexibility index (Phi) is 3.39. The fourth-order valence-electron chi connectivity index (χ4n) is 1.51. The summed E-state index contributed by atoms with van der Waals surface area (Å²) in [6.07, 6.45) is 4.16. The second kappa shape index (κ2) is 4.96. The Morgan fingerprint density at radius 3 is 3.06 bits per heavy atom. The molecule has 0 aromatic carbocycles. The van der Waals surface area contributed by atoms with Crippen LogP contribution in [0, 0.1) is 5.92 Å². The minimum atomic E-state index is -0.00606. The minimum Gasteiger partial charge on any atom is -0.370 e. The average molecular weight is 219 g/mol. The maximum atomic E-state index is 11.8. The lowest BCUT2D eigenvalue weighted by molar-refractivity contribution is 0.0951. The average Bonchev–Trinajstić information content (AvgIpc) is 3.10. The van der Waals surface area contributed by atoms with Gasteiger partial charge in [-0.2, -0.15) is 0 Å². The molecule has 1 aromatic rings. The lowest BCUT2D eigenvalue weighted by Crippen LogP contribution is -2.25. The fourth-order valence-corrected chi connectivity index (χ4v) is 1.51. The van der Waals surface area contributed by atoms with Crippen LogP contribution in [0.15, 0.2) is 18.3 Å². The van der Waals surface area contributed by atoms with Crippen LogP contribution in [0.1, 0.15) is 30.1 Å². The molecule has 0 saturated heterocycles. The Labute approximate surface area is 95.5 Å². The molecule has 1 aromatic heterocycles. The van der Waals surface area contributed by atoms with E-state index in [9.17, 15) is 4.79 Å². The molecule has 1 aliphatic rings. The SMILES string of the molecule is CCNc1cc(C(=O)NCC2CC2)ccn1. The fraction of sp³-hybridized carbons (Fsp3) is 0.500. The zero-order valence-corrected chi connectivity index (χ0v) is 9.49. The van der Waals surface area contributed by atoms with Crippen LogP contribution in [0.4, 0.5) is 5.82 Å². The Hall–Kier alpha value is -1.58. The van der Waals surface area contributed by atoms with Gasteiger partial charge >= 0.3 is 0 Å². The molecule has 0 atom stereocenters. The van der Waals surface area contributed by atoms with E-state index in [-0.39, 0.29) is 5.91 Å². The number of pyridine rings is 1. The first-order valence-corrected chi connectivity index (χ1v) is 5.77. The summed E-state index contributed by atoms with van der Waals surface area (Å²) in [6.45, 7) is 3.61. The summed E-state index contributed by atoms with van der Waals surface area (Å²) in [6, 6.07) is 3.52. The van der Waals surface area contributed by atoms with Gasteiger partial charge in [-0.25, -0.2) is 4.98 Å². The Bertz CT molecular complexity index is 374. The van der Waals surface area contributed by atoms with Crippen molar-refractivity contribution in [3.63, 3.8) is 0 Å². The van der Waals surface area contributed by atoms with Gasteiger partial charge in [0.15, 0.2) is 0 Å². The third-order valence-electron chi connectivity index (χ3n) is 2.63. The molecule has 2 N–H and O–H groups in total. The maximum absolute atomic E-state index is 11.8. The summed E-state index contributed by atoms with van der Waals surface area (Å²) in [5, 5.41) is 6.02. The van der Waals surface area contributed by atoms with E-state index in [1.165, 1.54) is 12.8 Å². The topological polar surface area (TPSA) is 54.0 Å². The highest BCUT2D eigenvalue weighted by Crippen LogP contribution is 2.27. The molecule has 0 aliphatic heterocycles. The zero-order valence-electron chi connectivity index (χ0n) is 9.49. The quantitative estimate of drug-likeness (QED) is 0.791. The van der Waals surface area contributed by atoms with Crippen molar-refractivity contribution >= 4 is 11.7 Å². The van der Waals surface area contributed by atoms with E-state index in [0.717, 1.165) is 18.9 Å². The molecule has 0 bridgehead atoms. The molecule has 1 aliphatic carbocycles. The van der Waals surface area contributed by atoms with Crippen molar-refractivity contribution < 1.29 is 4.79 Å². The number of anilines is 1. The Morgan fingerprint density at radius 1 is 1.56 bits per heavy atom. The summed E-state index contributed by atoms with van der Waals surface area (Å²) in [4.78, 5) is 15.9. The standard InChI is InChI=1S/C12H17N3O/c1-2-13-11-7-10(5-6-14-11)12(16)15-8-9-3-4-9/h5-7,9H,2-4,8H2,1H3,(H,13,14)(H,15,16). The number of hydrogen-bond acceptors (Lipinski definition) is 3. The van der Waals surface area contributed by atoms with Crippen LogP contribution in [0.25, 0.3) is 0 Å². The first-order valence-electron chi connectivity index (χ1n) is 5.77. The van der Waals surface area contributed by atoms with Crippen molar-refractivity contribution in [3.05, 3.63) is 23.9 Å². The molecule has 4 heteroatoms. The normalized spacial score (nSPS) is 14.6. The van der Waals surface area contributed by atoms with Crippen molar-refractivity contribution in [1.29, 1.82) is 0 Å². The highest BCUT2D eigenvalue weighted by atomic mass is 16.1. The van der Waals surface area contributed by atoms with Gasteiger partial charge in [0.1, 0.15) is 5.82 Å². The molecule has 1 fully saturated rings. The lowest BCUT2D eigenvalue weighted by Gasteiger charge is -2.06. The number of nitrogens with one attached hydrogen (secondary N) is 2. The molecule has 16 heavy (non-hydrogen) atoms. The number of aromatic nitrogens is 1. The highest BCUT2D eigenvalue weighted by molar-refractivity contribution is 5.94. The number of carbonyl (C=O) groups is 1. The van der Waals surface area contributed by atoms with E-state index in [1.54, 1.807) is 18.3 Å². The van der Waals surface area contributed by atoms with Crippen molar-refractivity contribution in [1.82, 2.24) is 10.3 Å². The van der Waals surface area contributed by atoms with E-state index >= 15 is 0 Å². The second-order valence-electron chi connectivity index (χ2n) is 4.11. The predicted octanol–water partition coefficient (Wildman–Crippen LogP) is 1.65. The zero-order chi connectivity index (χ0) is 11.4. The smallest absolute Gasteiger partial charge is 0.251 e. The summed E-state index contributed by atoms with van der Waals surface area (Å²) < 4.78 is 0. The van der Waals surface area contributed by atoms with Gasteiger partial charge in [-0.1, -0.05) is 0 Å². The number of rotatable bonds is 5. The van der Waals surface area contributed by atoms with Crippen LogP contribution < -0.4 is 10.6 Å². The molecular weight excluding hydrogens is 202 g/mol. The number of nitrogens with zero attached hydrogens (tertiary/aromatic N) is 1. The van der Waals surface area contributed by atoms with Crippen LogP contribution in [0.5, 0.6) is 0 Å². The van der Waals surface area contributed by atoms with Gasteiger partial charge < -0.3 is 10.6 Å². The van der Waals surface area contributed by atoms with Crippen molar-refractivity contribution in [2.45, 2.75) is 19.8 Å². The summed E-state index contributed by atoms with van der Waals surface area (Å²) in [5.41, 5.74) is 0.673. The van der Waals surface area contributed by atoms with Crippen LogP contribution in [-0.2, 0) is 0 Å². The Balaban J connectivity index is 1.94. The monoisotopic (exact) mass is 219 g/mol. The van der Waals surface area contributed by atoms with Gasteiger partial charge in [0.25, 0.3) is 5.91 Å². The minimum absolute atomic E-state index is 0.00606. The first-order chi connectivity index (χ1) is 7.79. The van der Waals surface area contributed by atoms with Gasteiger partial charge in [-0.15, -0.1) is 0 Å². The van der Waals surface area contributed by atoms with E-state index < -0.39 is 0 Å². The van der Waals surface area contributed by atoms with Gasteiger partial charge in [-0.3, -0.25) is 4.79 Å². The third-order valence-corrected chi connectivity index (χ3v) is 2.63. The number of amides is 1. The predicted molar refractivity (Wildman–Crippen MR) is 63.5 cm³/mol. The Morgan fingerprint density at radius 2 is 2.38 bits per heavy atom. The molecule has 86 valence electrons. The summed E-state index contributed by atoms with van der Waals surface area (Å²) >= 11 is 0. The third kappa shape index (κ3) is 2.95. The molecule has 0 unspecified atom stereocenters. The molecule has 1 amide bonds. The first kappa shape index (κ1) is 10.9. The van der Waals surface area contributed by atoms with Crippen molar-refractivity contribution in [2.75, 3.05) is 18.4 Å². The van der Waals surface area contributed by atoms with Gasteiger partial charge in [0.2, 0.25) is 0 Å². The van der Waals surface area contributed by atoms with E-state index in [2.05, 4.69) is 15.6 Å². The van der Waals surface area contributed by atoms with Crippen LogP contribution >= 0.6 is 0 Å². The summed E-state index contributed by atoms with van der Waals surface area (Å²) in [5.74, 6) is 1.45. The van der Waals surface area contributed by atoms with Crippen LogP contribution in [0.2, 0.25) is 0 Å². The molecular formula is C12H17N3O. The lowest BCUT2D eigenvalue weighted by atomic mass is 10.2. The van der Waals surface area contributed by atoms with E-state index in [4.69, 9.17) is 0 Å². The highest BCUT2D eigenvalue weighted by Gasteiger charge is 2.21. The van der Waals surface area contributed by atoms with Gasteiger partial charge in [0.05, 0.1) is 0 Å². The summed E-state index contributed by atoms with van der Waals surface area (Å²) in [7, 11) is 0. The number of hydrogen-bond donors (Lipinski definition) is 2. The maximum Gasteiger partial charge on any atom is 0.251 e. The van der Waals surface area contributed by atoms with E-state index in [0.29, 0.717) is 11.5 Å². The van der Waals surface area contributed by atoms with Crippen LogP contribution in [-0.4, -0.2) is 24.0 Å². The molecule has 2 rings (SSSR count). The van der Waals surface area contributed by atoms with Crippen LogP contribution in [0.3, 0.4) is 0 Å². The van der Waals surface area contributed by atoms with Crippen molar-refractivity contribution in [2.24, 2.45) is 5.92 Å². The molecule has 0 spiro atoms. The van der Waals surface area contributed by atoms with Gasteiger partial charge in [0, 0.05) is 24.8 Å². The van der Waals surface area contributed by atoms with E-state index in [1.807, 2.05) is 6.92 Å².